The summed E-state index contributed by atoms with van der Waals surface area (Å²) in [6.45, 7) is 3.67. The number of thioether (sulfide) groups is 1. The van der Waals surface area contributed by atoms with Gasteiger partial charge in [0.25, 0.3) is 0 Å². The Labute approximate surface area is 301 Å². The number of halogens is 2. The van der Waals surface area contributed by atoms with Gasteiger partial charge in [-0.25, -0.2) is 4.39 Å². The summed E-state index contributed by atoms with van der Waals surface area (Å²) in [6.07, 6.45) is 5.05. The van der Waals surface area contributed by atoms with E-state index in [0.29, 0.717) is 74.7 Å². The van der Waals surface area contributed by atoms with Crippen LogP contribution in [0.1, 0.15) is 66.7 Å². The van der Waals surface area contributed by atoms with Gasteiger partial charge in [0, 0.05) is 57.5 Å². The third kappa shape index (κ3) is 6.01. The molecule has 0 radical (unpaired) electrons. The molecule has 2 aromatic rings. The van der Waals surface area contributed by atoms with Crippen LogP contribution in [0.5, 0.6) is 6.01 Å². The molecule has 0 saturated carbocycles. The first-order valence-electron chi connectivity index (χ1n) is 17.3. The van der Waals surface area contributed by atoms with Gasteiger partial charge in [0.15, 0.2) is 23.6 Å². The number of aldehydes is 1. The lowest BCUT2D eigenvalue weighted by Crippen LogP contribution is -2.59. The Kier molecular flexibility index (Phi) is 9.50. The first-order valence-corrected chi connectivity index (χ1v) is 18.5. The maximum absolute atomic E-state index is 14.7. The molecule has 7 heterocycles. The number of ether oxygens (including phenoxy) is 1. The zero-order valence-electron chi connectivity index (χ0n) is 28.7. The topological polar surface area (TPSA) is 156 Å². The largest absolute Gasteiger partial charge is 0.441 e. The Morgan fingerprint density at radius 2 is 1.84 bits per heavy atom. The third-order valence-electron chi connectivity index (χ3n) is 10.6. The van der Waals surface area contributed by atoms with Crippen molar-refractivity contribution in [1.29, 1.82) is 10.5 Å². The SMILES string of the molecule is CN(C)C.N#Cc1c(N2CCCn3nc(C=O)c(Cl)c3C2)nc(O[C@@]23CCCN2CC(F)C3)nc1N1CC2(CCCC3=C2C(C#N)C(N)S3)C1. The fourth-order valence-corrected chi connectivity index (χ4v) is 10.3. The second-order valence-corrected chi connectivity index (χ2v) is 16.3. The summed E-state index contributed by atoms with van der Waals surface area (Å²) >= 11 is 8.21. The Balaban J connectivity index is 0.000000932. The van der Waals surface area contributed by atoms with Gasteiger partial charge in [-0.05, 0) is 63.7 Å². The first kappa shape index (κ1) is 35.0. The number of aryl methyl sites for hydroxylation is 1. The number of carbonyl (C=O) groups is 1. The molecule has 4 atom stereocenters. The molecule has 2 N–H and O–H groups in total. The molecule has 8 rings (SSSR count). The molecule has 5 aliphatic heterocycles. The molecule has 1 spiro atoms. The van der Waals surface area contributed by atoms with Crippen LogP contribution in [-0.4, -0.2) is 107 Å². The molecule has 2 aromatic heterocycles. The quantitative estimate of drug-likeness (QED) is 0.443. The van der Waals surface area contributed by atoms with Gasteiger partial charge in [-0.15, -0.1) is 11.8 Å². The zero-order valence-corrected chi connectivity index (χ0v) is 30.3. The number of nitrogens with two attached hydrogens (primary N) is 1. The van der Waals surface area contributed by atoms with Crippen molar-refractivity contribution < 1.29 is 13.9 Å². The van der Waals surface area contributed by atoms with Crippen molar-refractivity contribution in [3.63, 3.8) is 0 Å². The minimum atomic E-state index is -0.995. The van der Waals surface area contributed by atoms with E-state index in [9.17, 15) is 19.7 Å². The highest BCUT2D eigenvalue weighted by Gasteiger charge is 2.55. The predicted octanol–water partition coefficient (Wildman–Crippen LogP) is 3.93. The van der Waals surface area contributed by atoms with Gasteiger partial charge >= 0.3 is 6.01 Å². The summed E-state index contributed by atoms with van der Waals surface area (Å²) in [5, 5.41) is 25.1. The fraction of sp³-hybridized carbons (Fsp3) is 0.647. The number of hydrogen-bond donors (Lipinski definition) is 1. The molecule has 3 fully saturated rings. The van der Waals surface area contributed by atoms with Gasteiger partial charge in [0.1, 0.15) is 23.5 Å². The van der Waals surface area contributed by atoms with Crippen LogP contribution in [0.25, 0.3) is 0 Å². The van der Waals surface area contributed by atoms with Crippen LogP contribution in [0.3, 0.4) is 0 Å². The van der Waals surface area contributed by atoms with E-state index in [1.54, 1.807) is 16.4 Å². The Bertz CT molecular complexity index is 1780. The highest BCUT2D eigenvalue weighted by Crippen LogP contribution is 2.58. The van der Waals surface area contributed by atoms with Crippen LogP contribution in [0.15, 0.2) is 10.5 Å². The number of rotatable bonds is 5. The maximum Gasteiger partial charge on any atom is 0.322 e. The summed E-state index contributed by atoms with van der Waals surface area (Å²) in [7, 11) is 6.00. The predicted molar refractivity (Wildman–Crippen MR) is 189 cm³/mol. The highest BCUT2D eigenvalue weighted by atomic mass is 35.5. The highest BCUT2D eigenvalue weighted by molar-refractivity contribution is 8.03. The van der Waals surface area contributed by atoms with E-state index in [2.05, 4.69) is 22.1 Å². The first-order chi connectivity index (χ1) is 24.0. The lowest BCUT2D eigenvalue weighted by Gasteiger charge is -2.54. The minimum Gasteiger partial charge on any atom is -0.441 e. The third-order valence-corrected chi connectivity index (χ3v) is 12.3. The normalized spacial score (nSPS) is 28.2. The fourth-order valence-electron chi connectivity index (χ4n) is 8.63. The molecule has 3 unspecified atom stereocenters. The summed E-state index contributed by atoms with van der Waals surface area (Å²) in [4.78, 5) is 30.7. The van der Waals surface area contributed by atoms with Crippen LogP contribution < -0.4 is 20.3 Å². The van der Waals surface area contributed by atoms with Gasteiger partial charge in [-0.3, -0.25) is 14.4 Å². The number of anilines is 2. The molecule has 3 saturated heterocycles. The number of fused-ring (bicyclic) bond motifs is 3. The second-order valence-electron chi connectivity index (χ2n) is 14.7. The molecule has 13 nitrogen and oxygen atoms in total. The molecule has 16 heteroatoms. The van der Waals surface area contributed by atoms with Crippen LogP contribution in [0, 0.1) is 34.0 Å². The summed E-state index contributed by atoms with van der Waals surface area (Å²) < 4.78 is 23.0. The van der Waals surface area contributed by atoms with Crippen molar-refractivity contribution in [3.8, 4) is 18.1 Å². The average Bonchev–Trinajstić information content (AvgIpc) is 3.72. The molecular weight excluding hydrogens is 681 g/mol. The van der Waals surface area contributed by atoms with Crippen molar-refractivity contribution in [3.05, 3.63) is 32.5 Å². The van der Waals surface area contributed by atoms with Crippen LogP contribution >= 0.6 is 23.4 Å². The van der Waals surface area contributed by atoms with Gasteiger partial charge in [-0.2, -0.15) is 25.6 Å². The molecule has 0 aromatic carbocycles. The molecule has 266 valence electrons. The summed E-state index contributed by atoms with van der Waals surface area (Å²) in [6, 6.07) is 4.96. The molecule has 0 amide bonds. The Hall–Kier alpha value is -3.47. The lowest BCUT2D eigenvalue weighted by atomic mass is 9.63. The van der Waals surface area contributed by atoms with Crippen molar-refractivity contribution in [1.82, 2.24) is 29.5 Å². The van der Waals surface area contributed by atoms with Gasteiger partial charge in [0.05, 0.1) is 34.6 Å². The van der Waals surface area contributed by atoms with Crippen LogP contribution in [0.4, 0.5) is 16.0 Å². The Morgan fingerprint density at radius 3 is 2.54 bits per heavy atom. The molecule has 0 bridgehead atoms. The second kappa shape index (κ2) is 13.6. The molecule has 6 aliphatic rings. The summed E-state index contributed by atoms with van der Waals surface area (Å²) in [5.41, 5.74) is 7.71. The lowest BCUT2D eigenvalue weighted by molar-refractivity contribution is -0.0338. The number of alkyl halides is 1. The smallest absolute Gasteiger partial charge is 0.322 e. The van der Waals surface area contributed by atoms with Crippen molar-refractivity contribution >= 4 is 41.3 Å². The van der Waals surface area contributed by atoms with Gasteiger partial charge in [0.2, 0.25) is 0 Å². The average molecular weight is 724 g/mol. The number of hydrogen-bond acceptors (Lipinski definition) is 13. The van der Waals surface area contributed by atoms with E-state index in [-0.39, 0.29) is 46.4 Å². The molecule has 1 aliphatic carbocycles. The number of allylic oxidation sites excluding steroid dienone is 1. The van der Waals surface area contributed by atoms with Crippen LogP contribution in [0.2, 0.25) is 5.02 Å². The van der Waals surface area contributed by atoms with E-state index in [1.165, 1.54) is 10.5 Å². The summed E-state index contributed by atoms with van der Waals surface area (Å²) in [5.74, 6) is 0.552. The van der Waals surface area contributed by atoms with Gasteiger partial charge < -0.3 is 25.2 Å². The van der Waals surface area contributed by atoms with Crippen molar-refractivity contribution in [2.45, 2.75) is 75.3 Å². The number of nitrogens with zero attached hydrogens (tertiary/aromatic N) is 10. The molecular formula is C34H43ClFN11O2S. The standard InChI is InChI=1S/C31H34ClFN10O2S.C3H9N/c32-25-21(15-44)39-43-9-3-7-40(14-22(25)43)27-20(12-35)28(38-29(37-27)45-31-6-2-8-42(31)13-18(33)10-31)41-16-30(17-41)5-1-4-23-24(30)19(11-34)26(36)46-23;1-4(2)3/h15,18-19,26H,1-10,13-14,16-17,36H2;1-3H3/t18?,19?,26?,31-;/m1./s1. The van der Waals surface area contributed by atoms with E-state index < -0.39 is 11.9 Å². The zero-order chi connectivity index (χ0) is 35.4. The number of carbonyl (C=O) groups excluding carboxylic acids is 1. The van der Waals surface area contributed by atoms with Crippen molar-refractivity contribution in [2.75, 3.05) is 63.7 Å². The van der Waals surface area contributed by atoms with Crippen molar-refractivity contribution in [2.24, 2.45) is 17.1 Å². The van der Waals surface area contributed by atoms with E-state index in [0.717, 1.165) is 32.2 Å². The number of aromatic nitrogens is 4. The monoisotopic (exact) mass is 723 g/mol. The van der Waals surface area contributed by atoms with Gasteiger partial charge in [-0.1, -0.05) is 11.6 Å². The minimum absolute atomic E-state index is 0.111. The molecule has 50 heavy (non-hydrogen) atoms. The maximum atomic E-state index is 14.7. The number of nitriles is 2. The van der Waals surface area contributed by atoms with E-state index in [1.807, 2.05) is 35.8 Å². The Morgan fingerprint density at radius 1 is 1.10 bits per heavy atom. The van der Waals surface area contributed by atoms with E-state index >= 15 is 0 Å². The van der Waals surface area contributed by atoms with E-state index in [4.69, 9.17) is 32.0 Å². The van der Waals surface area contributed by atoms with Crippen LogP contribution in [-0.2, 0) is 13.1 Å².